The van der Waals surface area contributed by atoms with Crippen LogP contribution in [0.1, 0.15) is 30.5 Å². The van der Waals surface area contributed by atoms with E-state index in [1.54, 1.807) is 29.0 Å². The van der Waals surface area contributed by atoms with Gasteiger partial charge in [0.05, 0.1) is 12.8 Å². The van der Waals surface area contributed by atoms with Crippen LogP contribution in [0.25, 0.3) is 0 Å². The van der Waals surface area contributed by atoms with Crippen LogP contribution >= 0.6 is 11.8 Å². The van der Waals surface area contributed by atoms with Crippen LogP contribution in [0.4, 0.5) is 0 Å². The van der Waals surface area contributed by atoms with Crippen molar-refractivity contribution in [1.29, 1.82) is 0 Å². The molecule has 6 heteroatoms. The van der Waals surface area contributed by atoms with Gasteiger partial charge in [-0.15, -0.1) is 10.2 Å². The van der Waals surface area contributed by atoms with Gasteiger partial charge in [-0.2, -0.15) is 9.78 Å². The first-order valence-corrected chi connectivity index (χ1v) is 9.95. The zero-order valence-corrected chi connectivity index (χ0v) is 16.7. The van der Waals surface area contributed by atoms with Crippen molar-refractivity contribution >= 4 is 18.0 Å². The van der Waals surface area contributed by atoms with E-state index in [4.69, 9.17) is 4.74 Å². The molecule has 0 fully saturated rings. The first kappa shape index (κ1) is 19.2. The van der Waals surface area contributed by atoms with Gasteiger partial charge in [-0.3, -0.25) is 0 Å². The molecule has 5 nitrogen and oxygen atoms in total. The molecule has 2 aromatic carbocycles. The van der Waals surface area contributed by atoms with E-state index in [0.717, 1.165) is 22.2 Å². The van der Waals surface area contributed by atoms with Crippen LogP contribution in [0.15, 0.2) is 65.1 Å². The van der Waals surface area contributed by atoms with E-state index < -0.39 is 0 Å². The van der Waals surface area contributed by atoms with Gasteiger partial charge in [0.1, 0.15) is 12.1 Å². The smallest absolute Gasteiger partial charge is 0.212 e. The Morgan fingerprint density at radius 3 is 2.70 bits per heavy atom. The maximum absolute atomic E-state index is 5.88. The third-order valence-electron chi connectivity index (χ3n) is 3.80. The SMILES string of the molecule is Cc1ccc(CSc2nncn2/N=C/c2ccccc2OCC(C)C)cc1. The molecule has 1 heterocycles. The highest BCUT2D eigenvalue weighted by Crippen LogP contribution is 2.21. The number of para-hydroxylation sites is 1. The lowest BCUT2D eigenvalue weighted by Crippen LogP contribution is -2.06. The first-order chi connectivity index (χ1) is 13.1. The van der Waals surface area contributed by atoms with Crippen molar-refractivity contribution in [1.82, 2.24) is 14.9 Å². The summed E-state index contributed by atoms with van der Waals surface area (Å²) in [5.41, 5.74) is 3.44. The molecular formula is C21H24N4OS. The lowest BCUT2D eigenvalue weighted by atomic mass is 10.2. The van der Waals surface area contributed by atoms with Crippen LogP contribution in [-0.2, 0) is 5.75 Å². The maximum atomic E-state index is 5.88. The van der Waals surface area contributed by atoms with Crippen molar-refractivity contribution in [3.63, 3.8) is 0 Å². The van der Waals surface area contributed by atoms with Gasteiger partial charge in [-0.05, 0) is 30.5 Å². The second-order valence-electron chi connectivity index (χ2n) is 6.72. The van der Waals surface area contributed by atoms with E-state index in [1.165, 1.54) is 11.1 Å². The summed E-state index contributed by atoms with van der Waals surface area (Å²) in [5.74, 6) is 2.12. The van der Waals surface area contributed by atoms with E-state index in [2.05, 4.69) is 60.3 Å². The minimum Gasteiger partial charge on any atom is -0.493 e. The Balaban J connectivity index is 1.68. The molecule has 3 aromatic rings. The van der Waals surface area contributed by atoms with Crippen molar-refractivity contribution in [3.8, 4) is 5.75 Å². The monoisotopic (exact) mass is 380 g/mol. The molecule has 0 atom stereocenters. The summed E-state index contributed by atoms with van der Waals surface area (Å²) in [6, 6.07) is 16.4. The van der Waals surface area contributed by atoms with Gasteiger partial charge in [-0.25, -0.2) is 0 Å². The van der Waals surface area contributed by atoms with Gasteiger partial charge in [0.2, 0.25) is 5.16 Å². The van der Waals surface area contributed by atoms with Crippen LogP contribution in [0.2, 0.25) is 0 Å². The first-order valence-electron chi connectivity index (χ1n) is 8.96. The van der Waals surface area contributed by atoms with E-state index >= 15 is 0 Å². The summed E-state index contributed by atoms with van der Waals surface area (Å²) in [4.78, 5) is 0. The number of thioether (sulfide) groups is 1. The fourth-order valence-electron chi connectivity index (χ4n) is 2.33. The summed E-state index contributed by atoms with van der Waals surface area (Å²) in [6.07, 6.45) is 3.40. The number of nitrogens with zero attached hydrogens (tertiary/aromatic N) is 4. The molecular weight excluding hydrogens is 356 g/mol. The molecule has 0 N–H and O–H groups in total. The Bertz CT molecular complexity index is 887. The zero-order valence-electron chi connectivity index (χ0n) is 15.9. The van der Waals surface area contributed by atoms with Crippen LogP contribution in [0.5, 0.6) is 5.75 Å². The minimum atomic E-state index is 0.470. The van der Waals surface area contributed by atoms with Gasteiger partial charge in [0.25, 0.3) is 0 Å². The van der Waals surface area contributed by atoms with Crippen molar-refractivity contribution in [2.75, 3.05) is 6.61 Å². The number of aryl methyl sites for hydroxylation is 1. The fraction of sp³-hybridized carbons (Fsp3) is 0.286. The Hall–Kier alpha value is -2.60. The van der Waals surface area contributed by atoms with Gasteiger partial charge in [0.15, 0.2) is 0 Å². The van der Waals surface area contributed by atoms with Crippen LogP contribution in [0, 0.1) is 12.8 Å². The standard InChI is InChI=1S/C21H24N4OS/c1-16(2)13-26-20-7-5-4-6-19(20)12-23-25-15-22-24-21(25)27-14-18-10-8-17(3)9-11-18/h4-12,15-16H,13-14H2,1-3H3/b23-12+. The molecule has 0 saturated heterocycles. The zero-order chi connectivity index (χ0) is 19.1. The predicted octanol–water partition coefficient (Wildman–Crippen LogP) is 4.80. The van der Waals surface area contributed by atoms with Gasteiger partial charge >= 0.3 is 0 Å². The van der Waals surface area contributed by atoms with E-state index in [0.29, 0.717) is 12.5 Å². The number of ether oxygens (including phenoxy) is 1. The van der Waals surface area contributed by atoms with Crippen molar-refractivity contribution < 1.29 is 4.74 Å². The summed E-state index contributed by atoms with van der Waals surface area (Å²) in [6.45, 7) is 7.02. The molecule has 27 heavy (non-hydrogen) atoms. The lowest BCUT2D eigenvalue weighted by Gasteiger charge is -2.10. The van der Waals surface area contributed by atoms with Gasteiger partial charge in [0, 0.05) is 11.3 Å². The second-order valence-corrected chi connectivity index (χ2v) is 7.66. The topological polar surface area (TPSA) is 52.3 Å². The van der Waals surface area contributed by atoms with Gasteiger partial charge < -0.3 is 4.74 Å². The molecule has 3 rings (SSSR count). The molecule has 0 bridgehead atoms. The van der Waals surface area contributed by atoms with Crippen LogP contribution in [-0.4, -0.2) is 27.7 Å². The van der Waals surface area contributed by atoms with E-state index in [1.807, 2.05) is 24.3 Å². The van der Waals surface area contributed by atoms with E-state index in [-0.39, 0.29) is 0 Å². The average Bonchev–Trinajstić information content (AvgIpc) is 3.12. The summed E-state index contributed by atoms with van der Waals surface area (Å²) >= 11 is 1.61. The molecule has 0 amide bonds. The number of rotatable bonds is 8. The Morgan fingerprint density at radius 2 is 1.93 bits per heavy atom. The van der Waals surface area contributed by atoms with Crippen molar-refractivity contribution in [2.45, 2.75) is 31.7 Å². The third-order valence-corrected chi connectivity index (χ3v) is 4.81. The molecule has 0 aliphatic heterocycles. The number of hydrogen-bond donors (Lipinski definition) is 0. The van der Waals surface area contributed by atoms with E-state index in [9.17, 15) is 0 Å². The molecule has 0 saturated carbocycles. The highest BCUT2D eigenvalue weighted by Gasteiger charge is 2.06. The molecule has 0 aliphatic rings. The molecule has 0 unspecified atom stereocenters. The highest BCUT2D eigenvalue weighted by atomic mass is 32.2. The normalized spacial score (nSPS) is 11.4. The highest BCUT2D eigenvalue weighted by molar-refractivity contribution is 7.98. The lowest BCUT2D eigenvalue weighted by molar-refractivity contribution is 0.270. The number of hydrogen-bond acceptors (Lipinski definition) is 5. The molecule has 0 spiro atoms. The number of aromatic nitrogens is 3. The fourth-order valence-corrected chi connectivity index (χ4v) is 3.14. The molecule has 140 valence electrons. The molecule has 0 aliphatic carbocycles. The Kier molecular flexibility index (Phi) is 6.65. The predicted molar refractivity (Wildman–Crippen MR) is 111 cm³/mol. The minimum absolute atomic E-state index is 0.470. The van der Waals surface area contributed by atoms with Gasteiger partial charge in [-0.1, -0.05) is 67.6 Å². The summed E-state index contributed by atoms with van der Waals surface area (Å²) in [7, 11) is 0. The average molecular weight is 381 g/mol. The maximum Gasteiger partial charge on any atom is 0.212 e. The van der Waals surface area contributed by atoms with Crippen molar-refractivity contribution in [3.05, 3.63) is 71.5 Å². The van der Waals surface area contributed by atoms with Crippen LogP contribution < -0.4 is 4.74 Å². The Labute approximate surface area is 164 Å². The van der Waals surface area contributed by atoms with Crippen LogP contribution in [0.3, 0.4) is 0 Å². The summed E-state index contributed by atoms with van der Waals surface area (Å²) < 4.78 is 7.57. The number of benzene rings is 2. The van der Waals surface area contributed by atoms with Crippen molar-refractivity contribution in [2.24, 2.45) is 11.0 Å². The summed E-state index contributed by atoms with van der Waals surface area (Å²) in [5, 5.41) is 13.4. The molecule has 1 aromatic heterocycles. The Morgan fingerprint density at radius 1 is 1.15 bits per heavy atom. The largest absolute Gasteiger partial charge is 0.493 e. The molecule has 0 radical (unpaired) electrons. The second kappa shape index (κ2) is 9.37. The third kappa shape index (κ3) is 5.69. The quantitative estimate of drug-likeness (QED) is 0.416.